The first-order valence-electron chi connectivity index (χ1n) is 11.1. The van der Waals surface area contributed by atoms with Crippen molar-refractivity contribution in [2.24, 2.45) is 0 Å². The Morgan fingerprint density at radius 3 is 2.56 bits per heavy atom. The summed E-state index contributed by atoms with van der Waals surface area (Å²) in [5, 5.41) is 14.8. The minimum Gasteiger partial charge on any atom is -0.465 e. The van der Waals surface area contributed by atoms with Gasteiger partial charge in [0.1, 0.15) is 21.3 Å². The Bertz CT molecular complexity index is 1540. The second-order valence-corrected chi connectivity index (χ2v) is 9.30. The van der Waals surface area contributed by atoms with E-state index in [1.54, 1.807) is 30.3 Å². The molecule has 5 rings (SSSR count). The van der Waals surface area contributed by atoms with Crippen molar-refractivity contribution in [3.8, 4) is 5.69 Å². The molecule has 3 heterocycles. The van der Waals surface area contributed by atoms with E-state index in [4.69, 9.17) is 5.11 Å². The summed E-state index contributed by atoms with van der Waals surface area (Å²) in [7, 11) is 0. The number of hydrogen-bond donors (Lipinski definition) is 3. The molecular weight excluding hydrogens is 490 g/mol. The molecule has 1 aliphatic heterocycles. The number of likely N-dealkylation sites (tertiary alicyclic amines) is 1. The first-order chi connectivity index (χ1) is 17.3. The van der Waals surface area contributed by atoms with E-state index < -0.39 is 23.8 Å². The molecule has 2 amide bonds. The van der Waals surface area contributed by atoms with Gasteiger partial charge >= 0.3 is 6.09 Å². The van der Waals surface area contributed by atoms with E-state index >= 15 is 0 Å². The van der Waals surface area contributed by atoms with Crippen LogP contribution in [0.5, 0.6) is 0 Å². The van der Waals surface area contributed by atoms with Gasteiger partial charge in [-0.2, -0.15) is 0 Å². The molecule has 1 saturated heterocycles. The Morgan fingerprint density at radius 1 is 1.06 bits per heavy atom. The molecule has 0 bridgehead atoms. The monoisotopic (exact) mass is 510 g/mol. The topological polar surface area (TPSA) is 104 Å². The van der Waals surface area contributed by atoms with Crippen LogP contribution >= 0.6 is 11.3 Å². The normalized spacial score (nSPS) is 15.3. The molecule has 2 aromatic carbocycles. The molecule has 36 heavy (non-hydrogen) atoms. The number of fused-ring (bicyclic) bond motifs is 1. The van der Waals surface area contributed by atoms with Gasteiger partial charge in [-0.1, -0.05) is 18.2 Å². The molecule has 2 aromatic heterocycles. The lowest BCUT2D eigenvalue weighted by Gasteiger charge is -2.17. The maximum Gasteiger partial charge on any atom is 0.404 e. The minimum absolute atomic E-state index is 0.0329. The van der Waals surface area contributed by atoms with Crippen LogP contribution in [0.4, 0.5) is 25.0 Å². The summed E-state index contributed by atoms with van der Waals surface area (Å²) >= 11 is 1.07. The molecule has 0 aliphatic carbocycles. The van der Waals surface area contributed by atoms with E-state index in [2.05, 4.69) is 10.6 Å². The number of carbonyl (C=O) groups is 2. The first kappa shape index (κ1) is 23.5. The van der Waals surface area contributed by atoms with Gasteiger partial charge in [0.2, 0.25) is 0 Å². The lowest BCUT2D eigenvalue weighted by atomic mass is 10.2. The minimum atomic E-state index is -1.17. The average molecular weight is 511 g/mol. The number of pyridine rings is 1. The van der Waals surface area contributed by atoms with Crippen molar-refractivity contribution in [3.05, 3.63) is 87.5 Å². The van der Waals surface area contributed by atoms with Crippen LogP contribution in [-0.2, 0) is 0 Å². The average Bonchev–Trinajstić information content (AvgIpc) is 3.45. The highest BCUT2D eigenvalue weighted by Crippen LogP contribution is 2.39. The molecule has 0 saturated carbocycles. The lowest BCUT2D eigenvalue weighted by molar-refractivity contribution is 0.0794. The number of aromatic nitrogens is 1. The van der Waals surface area contributed by atoms with Crippen molar-refractivity contribution in [3.63, 3.8) is 0 Å². The Kier molecular flexibility index (Phi) is 6.15. The van der Waals surface area contributed by atoms with E-state index in [0.717, 1.165) is 23.5 Å². The van der Waals surface area contributed by atoms with Crippen LogP contribution in [0.25, 0.3) is 15.9 Å². The number of carboxylic acid groups (broad SMARTS) is 1. The molecule has 0 spiro atoms. The zero-order valence-electron chi connectivity index (χ0n) is 18.7. The maximum atomic E-state index is 14.5. The molecule has 11 heteroatoms. The quantitative estimate of drug-likeness (QED) is 0.365. The number of benzene rings is 2. The number of carbonyl (C=O) groups excluding carboxylic acids is 1. The van der Waals surface area contributed by atoms with Crippen LogP contribution in [0.15, 0.2) is 65.5 Å². The zero-order chi connectivity index (χ0) is 25.4. The summed E-state index contributed by atoms with van der Waals surface area (Å²) in [5.41, 5.74) is 0.541. The Balaban J connectivity index is 1.64. The highest BCUT2D eigenvalue weighted by atomic mass is 32.1. The number of anilines is 2. The largest absolute Gasteiger partial charge is 0.465 e. The highest BCUT2D eigenvalue weighted by Gasteiger charge is 2.31. The maximum absolute atomic E-state index is 14.5. The van der Waals surface area contributed by atoms with Crippen LogP contribution in [0.3, 0.4) is 0 Å². The number of hydrogen-bond acceptors (Lipinski definition) is 5. The Labute approximate surface area is 207 Å². The van der Waals surface area contributed by atoms with Crippen molar-refractivity contribution in [1.29, 1.82) is 0 Å². The molecule has 0 radical (unpaired) electrons. The molecule has 0 unspecified atom stereocenters. The van der Waals surface area contributed by atoms with Crippen molar-refractivity contribution in [1.82, 2.24) is 14.8 Å². The summed E-state index contributed by atoms with van der Waals surface area (Å²) in [5.74, 6) is -1.96. The van der Waals surface area contributed by atoms with Gasteiger partial charge in [-0.3, -0.25) is 14.2 Å². The van der Waals surface area contributed by atoms with Crippen molar-refractivity contribution < 1.29 is 23.5 Å². The van der Waals surface area contributed by atoms with Gasteiger partial charge in [-0.05, 0) is 36.8 Å². The van der Waals surface area contributed by atoms with Gasteiger partial charge in [0.25, 0.3) is 11.5 Å². The SMILES string of the molecule is O=C(O)N[C@H]1CCN(C(=O)c2sc3c(ccc(=O)n3-c3ccccc3)c2Nc2ccc(F)cc2F)C1. The number of halogens is 2. The molecule has 184 valence electrons. The highest BCUT2D eigenvalue weighted by molar-refractivity contribution is 7.21. The van der Waals surface area contributed by atoms with E-state index in [9.17, 15) is 23.2 Å². The molecule has 1 fully saturated rings. The van der Waals surface area contributed by atoms with Crippen LogP contribution in [0, 0.1) is 11.6 Å². The summed E-state index contributed by atoms with van der Waals surface area (Å²) in [6.45, 7) is 0.503. The smallest absolute Gasteiger partial charge is 0.404 e. The fourth-order valence-corrected chi connectivity index (χ4v) is 5.52. The van der Waals surface area contributed by atoms with Crippen LogP contribution in [-0.4, -0.2) is 45.7 Å². The van der Waals surface area contributed by atoms with E-state index in [0.29, 0.717) is 28.9 Å². The van der Waals surface area contributed by atoms with E-state index in [1.165, 1.54) is 21.6 Å². The lowest BCUT2D eigenvalue weighted by Crippen LogP contribution is -2.37. The number of thiophene rings is 1. The predicted molar refractivity (Wildman–Crippen MR) is 133 cm³/mol. The van der Waals surface area contributed by atoms with Gasteiger partial charge < -0.3 is 20.6 Å². The summed E-state index contributed by atoms with van der Waals surface area (Å²) in [6, 6.07) is 14.5. The number of nitrogens with one attached hydrogen (secondary N) is 2. The number of para-hydroxylation sites is 1. The number of amides is 2. The zero-order valence-corrected chi connectivity index (χ0v) is 19.5. The third-order valence-electron chi connectivity index (χ3n) is 5.94. The third-order valence-corrected chi connectivity index (χ3v) is 7.12. The van der Waals surface area contributed by atoms with Crippen molar-refractivity contribution in [2.75, 3.05) is 18.4 Å². The second-order valence-electron chi connectivity index (χ2n) is 8.30. The molecular formula is C25H20F2N4O4S. The Hall–Kier alpha value is -4.25. The molecule has 3 N–H and O–H groups in total. The van der Waals surface area contributed by atoms with Crippen LogP contribution in [0.1, 0.15) is 16.1 Å². The number of rotatable bonds is 5. The van der Waals surface area contributed by atoms with E-state index in [1.807, 2.05) is 6.07 Å². The summed E-state index contributed by atoms with van der Waals surface area (Å²) < 4.78 is 29.5. The molecule has 8 nitrogen and oxygen atoms in total. The fraction of sp³-hybridized carbons (Fsp3) is 0.160. The Morgan fingerprint density at radius 2 is 1.83 bits per heavy atom. The van der Waals surface area contributed by atoms with Gasteiger partial charge in [0, 0.05) is 30.6 Å². The van der Waals surface area contributed by atoms with Gasteiger partial charge in [-0.15, -0.1) is 11.3 Å². The molecule has 1 aliphatic rings. The van der Waals surface area contributed by atoms with Crippen molar-refractivity contribution in [2.45, 2.75) is 12.5 Å². The second kappa shape index (κ2) is 9.42. The molecule has 1 atom stereocenters. The third kappa shape index (κ3) is 4.40. The van der Waals surface area contributed by atoms with Gasteiger partial charge in [0.05, 0.1) is 23.1 Å². The first-order valence-corrected chi connectivity index (χ1v) is 11.9. The van der Waals surface area contributed by atoms with E-state index in [-0.39, 0.29) is 34.3 Å². The standard InChI is InChI=1S/C25H20F2N4O4S/c26-14-6-8-19(18(27)12-14)29-21-17-7-9-20(32)31(16-4-2-1-3-5-16)24(17)36-22(21)23(33)30-11-10-15(13-30)28-25(34)35/h1-9,12,15,28-29H,10-11,13H2,(H,34,35)/t15-/m0/s1. The van der Waals surface area contributed by atoms with Crippen LogP contribution < -0.4 is 16.2 Å². The summed E-state index contributed by atoms with van der Waals surface area (Å²) in [4.78, 5) is 39.7. The van der Waals surface area contributed by atoms with Gasteiger partial charge in [0.15, 0.2) is 0 Å². The van der Waals surface area contributed by atoms with Crippen LogP contribution in [0.2, 0.25) is 0 Å². The van der Waals surface area contributed by atoms with Gasteiger partial charge in [-0.25, -0.2) is 13.6 Å². The molecule has 4 aromatic rings. The van der Waals surface area contributed by atoms with Crippen molar-refractivity contribution >= 4 is 44.9 Å². The fourth-order valence-electron chi connectivity index (χ4n) is 4.28. The summed E-state index contributed by atoms with van der Waals surface area (Å²) in [6.07, 6.45) is -0.718. The predicted octanol–water partition coefficient (Wildman–Crippen LogP) is 4.56. The number of nitrogens with zero attached hydrogens (tertiary/aromatic N) is 2.